The number of aromatic nitrogens is 3. The first-order valence-electron chi connectivity index (χ1n) is 25.3. The summed E-state index contributed by atoms with van der Waals surface area (Å²) in [5, 5.41) is 3.47. The molecule has 2 N–H and O–H groups in total. The van der Waals surface area contributed by atoms with Gasteiger partial charge in [0.05, 0.1) is 47.3 Å². The summed E-state index contributed by atoms with van der Waals surface area (Å²) in [6.07, 6.45) is 5.02. The van der Waals surface area contributed by atoms with Crippen LogP contribution in [0.5, 0.6) is 0 Å². The van der Waals surface area contributed by atoms with E-state index in [4.69, 9.17) is 18.9 Å². The van der Waals surface area contributed by atoms with Crippen LogP contribution in [0.1, 0.15) is 97.9 Å². The quantitative estimate of drug-likeness (QED) is 0.135. The number of hydrogen-bond acceptors (Lipinski definition) is 12. The summed E-state index contributed by atoms with van der Waals surface area (Å²) < 4.78 is 20.9. The van der Waals surface area contributed by atoms with Crippen molar-refractivity contribution in [3.63, 3.8) is 0 Å². The number of carbonyl (C=O) groups excluding carboxylic acids is 5. The number of fused-ring (bicyclic) bond motifs is 6. The topological polar surface area (TPSA) is 185 Å². The van der Waals surface area contributed by atoms with Gasteiger partial charge < -0.3 is 33.6 Å². The van der Waals surface area contributed by atoms with E-state index in [2.05, 4.69) is 71.1 Å². The van der Waals surface area contributed by atoms with Crippen LogP contribution in [0.4, 0.5) is 0 Å². The molecule has 1 aromatic carbocycles. The van der Waals surface area contributed by atoms with E-state index in [1.165, 1.54) is 9.91 Å². The highest BCUT2D eigenvalue weighted by Gasteiger charge is 2.47. The van der Waals surface area contributed by atoms with Crippen molar-refractivity contribution in [2.45, 2.75) is 128 Å². The average Bonchev–Trinajstić information content (AvgIpc) is 4.06. The smallest absolute Gasteiger partial charge is 0.323 e. The number of benzene rings is 1. The van der Waals surface area contributed by atoms with E-state index in [1.54, 1.807) is 31.5 Å². The predicted molar refractivity (Wildman–Crippen MR) is 283 cm³/mol. The molecule has 17 nitrogen and oxygen atoms in total. The molecule has 2 fully saturated rings. The van der Waals surface area contributed by atoms with Crippen LogP contribution >= 0.6 is 0 Å². The molecule has 6 heterocycles. The number of aryl methyl sites for hydroxylation is 1. The Morgan fingerprint density at radius 3 is 2.49 bits per heavy atom. The highest BCUT2D eigenvalue weighted by atomic mass is 28.1. The van der Waals surface area contributed by atoms with Crippen molar-refractivity contribution in [1.82, 2.24) is 45.0 Å². The molecule has 4 amide bonds. The summed E-state index contributed by atoms with van der Waals surface area (Å²) in [6, 6.07) is 8.03. The van der Waals surface area contributed by atoms with E-state index in [0.717, 1.165) is 39.0 Å². The normalized spacial score (nSPS) is 22.6. The number of carbonyl (C=O) groups is 5. The van der Waals surface area contributed by atoms with Gasteiger partial charge in [-0.1, -0.05) is 33.6 Å². The van der Waals surface area contributed by atoms with Crippen molar-refractivity contribution in [1.29, 1.82) is 0 Å². The lowest BCUT2D eigenvalue weighted by Gasteiger charge is -2.42. The molecule has 4 aromatic rings. The van der Waals surface area contributed by atoms with Gasteiger partial charge in [-0.25, -0.2) is 10.4 Å². The lowest BCUT2D eigenvalue weighted by atomic mass is 9.84. The zero-order valence-electron chi connectivity index (χ0n) is 44.8. The van der Waals surface area contributed by atoms with Gasteiger partial charge in [0.1, 0.15) is 17.2 Å². The zero-order valence-corrected chi connectivity index (χ0v) is 48.8. The highest BCUT2D eigenvalue weighted by molar-refractivity contribution is 6.29. The Hall–Kier alpha value is -5.66. The molecular weight excluding hydrogens is 947 g/mol. The van der Waals surface area contributed by atoms with E-state index < -0.39 is 51.0 Å². The van der Waals surface area contributed by atoms with Gasteiger partial charge in [0.15, 0.2) is 11.7 Å². The number of cyclic esters (lactones) is 1. The summed E-state index contributed by atoms with van der Waals surface area (Å²) in [5.74, 6) is 4.19. The lowest BCUT2D eigenvalue weighted by molar-refractivity contribution is -0.158. The van der Waals surface area contributed by atoms with Gasteiger partial charge in [0, 0.05) is 94.5 Å². The minimum Gasteiger partial charge on any atom is -0.464 e. The van der Waals surface area contributed by atoms with Crippen molar-refractivity contribution in [2.24, 2.45) is 11.3 Å². The Kier molecular flexibility index (Phi) is 15.8. The van der Waals surface area contributed by atoms with E-state index in [0.29, 0.717) is 65.0 Å². The molecule has 0 aliphatic carbocycles. The standard InChI is InChI=1S/C53H75N9O8Si2/c1-13-61-39-18-17-34-26-36(39)37(45(61)35-16-14-23-54-43(35)33(4)68-12)28-50(5,6)31-69-49(67)53(72)20-15-24-62(57-53)47(65)38(27-41-55-29-40(34)70-41)56-46(64)44(32(2)3)59(11)48(66)52(71)22-25-60(30-52)42(63)19-21-51(7,8)58(9)10/h14,16-18,23,26,29,32-33,38,44,57H,13,15,20,22,24-25,27-28,30-31H2,1-12,71-72H3,(H,56,64)/t33-,38-,44-,52-,53-/m0/s1. The zero-order chi connectivity index (χ0) is 52.7. The average molecular weight is 1020 g/mol. The maximum atomic E-state index is 14.9. The van der Waals surface area contributed by atoms with Crippen LogP contribution in [-0.2, 0) is 52.8 Å². The van der Waals surface area contributed by atoms with Gasteiger partial charge in [-0.05, 0) is 115 Å². The Morgan fingerprint density at radius 1 is 1.07 bits per heavy atom. The number of esters is 1. The Balaban J connectivity index is 1.24. The SMILES string of the molecule is CCn1c(-c2cccnc2[C@H](C)OC)c2c3cc(ccc31)-c1cnc(o1)C[C@H](NC(=O)[C@H](C(C)C)N(C)C(=O)[C@]1([SiH3])CCN(C(=O)C#CC(C)(C)N(C)C)C1)C(=O)N1CCC[C@@]([SiH3])(N1)C(=O)OCC(C)(C)C2. The largest absolute Gasteiger partial charge is 0.464 e. The van der Waals surface area contributed by atoms with Gasteiger partial charge >= 0.3 is 5.97 Å². The van der Waals surface area contributed by atoms with Crippen LogP contribution in [0, 0.1) is 23.2 Å². The fraction of sp³-hybridized carbons (Fsp3) is 0.566. The number of hydrogen-bond donors (Lipinski definition) is 2. The minimum absolute atomic E-state index is 0.114. The molecule has 0 saturated carbocycles. The second kappa shape index (κ2) is 21.1. The van der Waals surface area contributed by atoms with E-state index in [-0.39, 0.29) is 55.8 Å². The molecule has 6 bridgehead atoms. The number of likely N-dealkylation sites (N-methyl/N-ethyl adjacent to an activating group) is 1. The number of amides is 4. The van der Waals surface area contributed by atoms with Gasteiger partial charge in [0.25, 0.3) is 11.8 Å². The fourth-order valence-corrected chi connectivity index (χ4v) is 12.0. The van der Waals surface area contributed by atoms with E-state index in [9.17, 15) is 24.0 Å². The second-order valence-corrected chi connectivity index (χ2v) is 25.9. The number of pyridine rings is 1. The molecule has 3 aliphatic heterocycles. The molecule has 3 aliphatic rings. The van der Waals surface area contributed by atoms with Crippen LogP contribution in [0.3, 0.4) is 0 Å². The summed E-state index contributed by atoms with van der Waals surface area (Å²) in [5.41, 5.74) is 7.83. The molecule has 72 heavy (non-hydrogen) atoms. The molecular formula is C53H75N9O8Si2. The molecule has 19 heteroatoms. The maximum absolute atomic E-state index is 14.9. The summed E-state index contributed by atoms with van der Waals surface area (Å²) >= 11 is 0. The molecule has 0 radical (unpaired) electrons. The summed E-state index contributed by atoms with van der Waals surface area (Å²) in [6.45, 7) is 17.5. The first-order valence-corrected chi connectivity index (χ1v) is 27.3. The Bertz CT molecular complexity index is 2790. The van der Waals surface area contributed by atoms with Gasteiger partial charge in [-0.2, -0.15) is 0 Å². The minimum atomic E-state index is -1.20. The molecule has 0 spiro atoms. The van der Waals surface area contributed by atoms with E-state index in [1.807, 2.05) is 65.7 Å². The third kappa shape index (κ3) is 11.0. The predicted octanol–water partition coefficient (Wildman–Crippen LogP) is 3.01. The van der Waals surface area contributed by atoms with Gasteiger partial charge in [-0.3, -0.25) is 38.9 Å². The van der Waals surface area contributed by atoms with Crippen LogP contribution in [-0.4, -0.2) is 162 Å². The molecule has 2 saturated heterocycles. The van der Waals surface area contributed by atoms with Crippen LogP contribution < -0.4 is 10.7 Å². The number of hydrazine groups is 1. The Morgan fingerprint density at radius 2 is 1.81 bits per heavy atom. The number of ether oxygens (including phenoxy) is 2. The van der Waals surface area contributed by atoms with Crippen molar-refractivity contribution in [3.8, 4) is 34.4 Å². The molecule has 3 aromatic heterocycles. The third-order valence-corrected chi connectivity index (χ3v) is 17.4. The van der Waals surface area contributed by atoms with Crippen molar-refractivity contribution in [3.05, 3.63) is 59.9 Å². The number of likely N-dealkylation sites (tertiary alicyclic amines) is 1. The first kappa shape index (κ1) is 54.1. The maximum Gasteiger partial charge on any atom is 0.323 e. The van der Waals surface area contributed by atoms with Gasteiger partial charge in [-0.15, -0.1) is 0 Å². The molecule has 0 unspecified atom stereocenters. The lowest BCUT2D eigenvalue weighted by Crippen LogP contribution is -2.67. The summed E-state index contributed by atoms with van der Waals surface area (Å²) in [7, 11) is 7.85. The Labute approximate surface area is 430 Å². The van der Waals surface area contributed by atoms with Gasteiger partial charge in [0.2, 0.25) is 11.8 Å². The molecule has 388 valence electrons. The van der Waals surface area contributed by atoms with Crippen molar-refractivity contribution < 1.29 is 37.9 Å². The molecule has 7 rings (SSSR count). The number of methoxy groups -OCH3 is 1. The third-order valence-electron chi connectivity index (χ3n) is 15.1. The number of rotatable bonds is 10. The fourth-order valence-electron chi connectivity index (χ4n) is 10.3. The van der Waals surface area contributed by atoms with Crippen LogP contribution in [0.25, 0.3) is 33.5 Å². The van der Waals surface area contributed by atoms with Crippen LogP contribution in [0.2, 0.25) is 5.04 Å². The monoisotopic (exact) mass is 1020 g/mol. The number of nitrogens with zero attached hydrogens (tertiary/aromatic N) is 7. The number of nitrogens with one attached hydrogen (secondary N) is 2. The van der Waals surface area contributed by atoms with Crippen molar-refractivity contribution in [2.75, 3.05) is 54.5 Å². The second-order valence-electron chi connectivity index (χ2n) is 22.3. The molecule has 5 atom stereocenters. The number of oxazole rings is 1. The highest BCUT2D eigenvalue weighted by Crippen LogP contribution is 2.42. The van der Waals surface area contributed by atoms with Crippen molar-refractivity contribution >= 4 is 61.0 Å². The van der Waals surface area contributed by atoms with Crippen LogP contribution in [0.15, 0.2) is 47.1 Å². The summed E-state index contributed by atoms with van der Waals surface area (Å²) in [4.78, 5) is 86.3. The first-order chi connectivity index (χ1) is 33.8. The van der Waals surface area contributed by atoms with E-state index >= 15 is 0 Å².